The van der Waals surface area contributed by atoms with Crippen molar-refractivity contribution < 1.29 is 0 Å². The molecule has 0 bridgehead atoms. The van der Waals surface area contributed by atoms with Gasteiger partial charge in [-0.1, -0.05) is 13.8 Å². The lowest BCUT2D eigenvalue weighted by Crippen LogP contribution is -1.99. The second-order valence-electron chi connectivity index (χ2n) is 4.17. The summed E-state index contributed by atoms with van der Waals surface area (Å²) in [7, 11) is 0. The van der Waals surface area contributed by atoms with Crippen LogP contribution in [0.2, 0.25) is 0 Å². The molecule has 0 aromatic carbocycles. The zero-order chi connectivity index (χ0) is 9.42. The van der Waals surface area contributed by atoms with Crippen molar-refractivity contribution in [1.29, 1.82) is 0 Å². The molecule has 1 aromatic heterocycles. The van der Waals surface area contributed by atoms with Crippen molar-refractivity contribution in [2.45, 2.75) is 38.5 Å². The van der Waals surface area contributed by atoms with E-state index in [1.165, 1.54) is 18.4 Å². The van der Waals surface area contributed by atoms with Crippen LogP contribution in [0, 0.1) is 0 Å². The van der Waals surface area contributed by atoms with Crippen LogP contribution in [0.5, 0.6) is 0 Å². The monoisotopic (exact) mass is 176 g/mol. The lowest BCUT2D eigenvalue weighted by molar-refractivity contribution is 0.851. The molecule has 70 valence electrons. The molecular formula is C11H16N2. The van der Waals surface area contributed by atoms with Gasteiger partial charge in [0.2, 0.25) is 0 Å². The maximum atomic E-state index is 5.94. The Bertz CT molecular complexity index is 314. The van der Waals surface area contributed by atoms with Gasteiger partial charge in [-0.05, 0) is 30.4 Å². The van der Waals surface area contributed by atoms with E-state index in [1.54, 1.807) is 0 Å². The number of rotatable bonds is 2. The van der Waals surface area contributed by atoms with Gasteiger partial charge >= 0.3 is 0 Å². The minimum absolute atomic E-state index is 0.517. The highest BCUT2D eigenvalue weighted by Gasteiger charge is 2.26. The number of hydrogen-bond donors (Lipinski definition) is 1. The highest BCUT2D eigenvalue weighted by Crippen LogP contribution is 2.41. The third-order valence-corrected chi connectivity index (χ3v) is 2.60. The summed E-state index contributed by atoms with van der Waals surface area (Å²) in [6.45, 7) is 4.32. The van der Waals surface area contributed by atoms with E-state index in [0.29, 0.717) is 11.8 Å². The van der Waals surface area contributed by atoms with Gasteiger partial charge in [0.05, 0.1) is 11.4 Å². The highest BCUT2D eigenvalue weighted by molar-refractivity contribution is 5.48. The number of nitrogen functional groups attached to an aromatic ring is 1. The first-order valence-electron chi connectivity index (χ1n) is 4.94. The molecule has 2 nitrogen and oxygen atoms in total. The van der Waals surface area contributed by atoms with Gasteiger partial charge in [-0.3, -0.25) is 4.98 Å². The topological polar surface area (TPSA) is 38.9 Å². The van der Waals surface area contributed by atoms with Gasteiger partial charge in [-0.15, -0.1) is 0 Å². The smallest absolute Gasteiger partial charge is 0.0663 e. The number of nitrogens with zero attached hydrogens (tertiary/aromatic N) is 1. The van der Waals surface area contributed by atoms with Crippen molar-refractivity contribution in [3.05, 3.63) is 23.5 Å². The van der Waals surface area contributed by atoms with Crippen LogP contribution in [0.1, 0.15) is 49.8 Å². The molecule has 0 radical (unpaired) electrons. The lowest BCUT2D eigenvalue weighted by atomic mass is 10.0. The van der Waals surface area contributed by atoms with Crippen molar-refractivity contribution in [1.82, 2.24) is 4.98 Å². The molecule has 1 heterocycles. The predicted molar refractivity (Wildman–Crippen MR) is 54.7 cm³/mol. The summed E-state index contributed by atoms with van der Waals surface area (Å²) in [5.41, 5.74) is 9.17. The van der Waals surface area contributed by atoms with E-state index in [-0.39, 0.29) is 0 Å². The summed E-state index contributed by atoms with van der Waals surface area (Å²) in [6.07, 6.45) is 4.49. The second-order valence-corrected chi connectivity index (χ2v) is 4.17. The summed E-state index contributed by atoms with van der Waals surface area (Å²) < 4.78 is 0. The molecule has 2 heteroatoms. The van der Waals surface area contributed by atoms with E-state index < -0.39 is 0 Å². The summed E-state index contributed by atoms with van der Waals surface area (Å²) in [4.78, 5) is 4.44. The Labute approximate surface area is 79.2 Å². The molecule has 2 rings (SSSR count). The summed E-state index contributed by atoms with van der Waals surface area (Å²) >= 11 is 0. The fraction of sp³-hybridized carbons (Fsp3) is 0.545. The highest BCUT2D eigenvalue weighted by atomic mass is 14.8. The maximum Gasteiger partial charge on any atom is 0.0663 e. The van der Waals surface area contributed by atoms with Gasteiger partial charge in [-0.25, -0.2) is 0 Å². The van der Waals surface area contributed by atoms with Crippen LogP contribution in [-0.2, 0) is 0 Å². The Balaban J connectivity index is 2.31. The van der Waals surface area contributed by atoms with E-state index in [2.05, 4.69) is 24.9 Å². The molecule has 1 saturated carbocycles. The van der Waals surface area contributed by atoms with Crippen molar-refractivity contribution in [3.63, 3.8) is 0 Å². The van der Waals surface area contributed by atoms with Crippen LogP contribution < -0.4 is 5.73 Å². The van der Waals surface area contributed by atoms with E-state index in [1.807, 2.05) is 6.20 Å². The Morgan fingerprint density at radius 2 is 2.15 bits per heavy atom. The fourth-order valence-electron chi connectivity index (χ4n) is 1.52. The molecule has 0 amide bonds. The van der Waals surface area contributed by atoms with Gasteiger partial charge < -0.3 is 5.73 Å². The molecule has 1 aliphatic rings. The summed E-state index contributed by atoms with van der Waals surface area (Å²) in [5.74, 6) is 1.17. The van der Waals surface area contributed by atoms with Crippen LogP contribution in [0.25, 0.3) is 0 Å². The van der Waals surface area contributed by atoms with Gasteiger partial charge in [0.25, 0.3) is 0 Å². The molecule has 0 saturated heterocycles. The molecule has 0 atom stereocenters. The average molecular weight is 176 g/mol. The first-order chi connectivity index (χ1) is 6.18. The van der Waals surface area contributed by atoms with E-state index in [0.717, 1.165) is 11.4 Å². The van der Waals surface area contributed by atoms with Crippen LogP contribution in [0.15, 0.2) is 12.3 Å². The van der Waals surface area contributed by atoms with Crippen molar-refractivity contribution >= 4 is 5.69 Å². The molecule has 1 aliphatic carbocycles. The third-order valence-electron chi connectivity index (χ3n) is 2.60. The number of anilines is 1. The minimum Gasteiger partial charge on any atom is -0.397 e. The molecule has 13 heavy (non-hydrogen) atoms. The molecular weight excluding hydrogens is 160 g/mol. The van der Waals surface area contributed by atoms with Crippen LogP contribution in [-0.4, -0.2) is 4.98 Å². The fourth-order valence-corrected chi connectivity index (χ4v) is 1.52. The van der Waals surface area contributed by atoms with Crippen LogP contribution in [0.4, 0.5) is 5.69 Å². The molecule has 0 unspecified atom stereocenters. The number of aromatic nitrogens is 1. The Hall–Kier alpha value is -1.05. The van der Waals surface area contributed by atoms with Gasteiger partial charge in [0.15, 0.2) is 0 Å². The second kappa shape index (κ2) is 3.02. The van der Waals surface area contributed by atoms with E-state index in [4.69, 9.17) is 5.73 Å². The van der Waals surface area contributed by atoms with Crippen molar-refractivity contribution in [2.24, 2.45) is 0 Å². The van der Waals surface area contributed by atoms with Crippen LogP contribution >= 0.6 is 0 Å². The SMILES string of the molecule is CC(C)c1cnc(C2CC2)c(N)c1. The predicted octanol–water partition coefficient (Wildman–Crippen LogP) is 2.66. The molecule has 0 aliphatic heterocycles. The largest absolute Gasteiger partial charge is 0.397 e. The number of nitrogens with two attached hydrogens (primary N) is 1. The number of pyridine rings is 1. The van der Waals surface area contributed by atoms with Crippen molar-refractivity contribution in [2.75, 3.05) is 5.73 Å². The summed E-state index contributed by atoms with van der Waals surface area (Å²) in [6, 6.07) is 2.07. The number of hydrogen-bond acceptors (Lipinski definition) is 2. The molecule has 2 N–H and O–H groups in total. The van der Waals surface area contributed by atoms with E-state index in [9.17, 15) is 0 Å². The maximum absolute atomic E-state index is 5.94. The minimum atomic E-state index is 0.517. The molecule has 1 fully saturated rings. The normalized spacial score (nSPS) is 16.5. The molecule has 0 spiro atoms. The van der Waals surface area contributed by atoms with Gasteiger partial charge in [0, 0.05) is 12.1 Å². The standard InChI is InChI=1S/C11H16N2/c1-7(2)9-5-10(12)11(13-6-9)8-3-4-8/h5-8H,3-4,12H2,1-2H3. The van der Waals surface area contributed by atoms with Crippen molar-refractivity contribution in [3.8, 4) is 0 Å². The first kappa shape index (κ1) is 8.54. The first-order valence-corrected chi connectivity index (χ1v) is 4.94. The van der Waals surface area contributed by atoms with Gasteiger partial charge in [-0.2, -0.15) is 0 Å². The zero-order valence-electron chi connectivity index (χ0n) is 8.25. The summed E-state index contributed by atoms with van der Waals surface area (Å²) in [5, 5.41) is 0. The lowest BCUT2D eigenvalue weighted by Gasteiger charge is -2.08. The third kappa shape index (κ3) is 1.67. The van der Waals surface area contributed by atoms with Crippen LogP contribution in [0.3, 0.4) is 0 Å². The zero-order valence-corrected chi connectivity index (χ0v) is 8.25. The average Bonchev–Trinajstić information content (AvgIpc) is 2.87. The quantitative estimate of drug-likeness (QED) is 0.752. The van der Waals surface area contributed by atoms with Gasteiger partial charge in [0.1, 0.15) is 0 Å². The molecule has 1 aromatic rings. The Morgan fingerprint density at radius 1 is 1.46 bits per heavy atom. The Morgan fingerprint density at radius 3 is 2.62 bits per heavy atom. The van der Waals surface area contributed by atoms with E-state index >= 15 is 0 Å². The Kier molecular flexibility index (Phi) is 1.98.